The zero-order chi connectivity index (χ0) is 14.5. The van der Waals surface area contributed by atoms with Gasteiger partial charge in [-0.25, -0.2) is 17.9 Å². The molecule has 2 fully saturated rings. The first-order valence-electron chi connectivity index (χ1n) is 6.44. The number of nitrogens with zero attached hydrogens (tertiary/aromatic N) is 1. The summed E-state index contributed by atoms with van der Waals surface area (Å²) in [6, 6.07) is 0.950. The second-order valence-electron chi connectivity index (χ2n) is 5.31. The maximum atomic E-state index is 12.3. The van der Waals surface area contributed by atoms with Crippen molar-refractivity contribution in [2.24, 2.45) is 7.05 Å². The zero-order valence-corrected chi connectivity index (χ0v) is 11.8. The van der Waals surface area contributed by atoms with Crippen LogP contribution in [0.4, 0.5) is 0 Å². The van der Waals surface area contributed by atoms with Gasteiger partial charge < -0.3 is 14.4 Å². The van der Waals surface area contributed by atoms with Crippen LogP contribution in [-0.2, 0) is 21.8 Å². The first kappa shape index (κ1) is 13.6. The molecule has 0 aromatic carbocycles. The summed E-state index contributed by atoms with van der Waals surface area (Å²) in [5, 5.41) is 8.96. The number of ether oxygens (including phenoxy) is 1. The fraction of sp³-hybridized carbons (Fsp3) is 0.583. The fourth-order valence-electron chi connectivity index (χ4n) is 2.92. The highest BCUT2D eigenvalue weighted by Crippen LogP contribution is 2.35. The van der Waals surface area contributed by atoms with Crippen LogP contribution in [-0.4, -0.2) is 42.3 Å². The highest BCUT2D eigenvalue weighted by Gasteiger charge is 2.42. The van der Waals surface area contributed by atoms with Gasteiger partial charge in [-0.15, -0.1) is 0 Å². The van der Waals surface area contributed by atoms with E-state index >= 15 is 0 Å². The van der Waals surface area contributed by atoms with E-state index in [9.17, 15) is 13.2 Å². The topological polar surface area (TPSA) is 97.6 Å². The van der Waals surface area contributed by atoms with Gasteiger partial charge in [0.1, 0.15) is 10.6 Å². The molecule has 3 rings (SSSR count). The van der Waals surface area contributed by atoms with Crippen molar-refractivity contribution in [3.8, 4) is 0 Å². The molecule has 1 aromatic rings. The number of hydrogen-bond acceptors (Lipinski definition) is 4. The molecule has 2 saturated heterocycles. The van der Waals surface area contributed by atoms with Gasteiger partial charge in [-0.2, -0.15) is 0 Å². The number of carboxylic acids is 1. The maximum absolute atomic E-state index is 12.3. The Hall–Kier alpha value is -1.38. The van der Waals surface area contributed by atoms with E-state index in [-0.39, 0.29) is 28.8 Å². The van der Waals surface area contributed by atoms with Crippen LogP contribution in [0.5, 0.6) is 0 Å². The Morgan fingerprint density at radius 1 is 1.50 bits per heavy atom. The fourth-order valence-corrected chi connectivity index (χ4v) is 4.27. The Bertz CT molecular complexity index is 651. The lowest BCUT2D eigenvalue weighted by atomic mass is 9.96. The number of carboxylic acid groups (broad SMARTS) is 1. The predicted octanol–water partition coefficient (Wildman–Crippen LogP) is 0.321. The minimum atomic E-state index is -3.72. The lowest BCUT2D eigenvalue weighted by Gasteiger charge is -2.19. The molecular weight excluding hydrogens is 284 g/mol. The van der Waals surface area contributed by atoms with Gasteiger partial charge in [0, 0.05) is 13.2 Å². The van der Waals surface area contributed by atoms with Gasteiger partial charge in [-0.1, -0.05) is 0 Å². The number of aromatic carboxylic acids is 1. The molecule has 0 spiro atoms. The molecule has 0 radical (unpaired) electrons. The standard InChI is InChI=1S/C12H16N2O5S/c1-14-6-8(5-10(14)12(15)16)20(17,18)13-9-4-7-2-3-11(9)19-7/h5-7,9,11,13H,2-4H2,1H3,(H,15,16). The van der Waals surface area contributed by atoms with Crippen molar-refractivity contribution in [1.82, 2.24) is 9.29 Å². The Morgan fingerprint density at radius 3 is 2.75 bits per heavy atom. The van der Waals surface area contributed by atoms with E-state index in [1.807, 2.05) is 0 Å². The molecule has 20 heavy (non-hydrogen) atoms. The van der Waals surface area contributed by atoms with E-state index in [4.69, 9.17) is 9.84 Å². The van der Waals surface area contributed by atoms with Gasteiger partial charge in [0.05, 0.1) is 18.2 Å². The molecule has 8 heteroatoms. The Balaban J connectivity index is 1.81. The summed E-state index contributed by atoms with van der Waals surface area (Å²) in [4.78, 5) is 10.9. The molecule has 2 bridgehead atoms. The van der Waals surface area contributed by atoms with Gasteiger partial charge in [-0.05, 0) is 25.3 Å². The molecule has 7 nitrogen and oxygen atoms in total. The van der Waals surface area contributed by atoms with Crippen LogP contribution in [0.2, 0.25) is 0 Å². The van der Waals surface area contributed by atoms with E-state index in [2.05, 4.69) is 4.72 Å². The van der Waals surface area contributed by atoms with Crippen molar-refractivity contribution in [3.05, 3.63) is 18.0 Å². The molecule has 0 amide bonds. The summed E-state index contributed by atoms with van der Waals surface area (Å²) in [6.07, 6.45) is 3.93. The number of rotatable bonds is 4. The van der Waals surface area contributed by atoms with Gasteiger partial charge in [0.15, 0.2) is 0 Å². The Labute approximate surface area is 116 Å². The summed E-state index contributed by atoms with van der Waals surface area (Å²) in [6.45, 7) is 0. The number of hydrogen-bond donors (Lipinski definition) is 2. The quantitative estimate of drug-likeness (QED) is 0.834. The van der Waals surface area contributed by atoms with Crippen LogP contribution < -0.4 is 4.72 Å². The predicted molar refractivity (Wildman–Crippen MR) is 69.0 cm³/mol. The van der Waals surface area contributed by atoms with Crippen molar-refractivity contribution in [3.63, 3.8) is 0 Å². The third-order valence-corrected chi connectivity index (χ3v) is 5.38. The minimum Gasteiger partial charge on any atom is -0.477 e. The second kappa shape index (κ2) is 4.57. The molecule has 1 aromatic heterocycles. The van der Waals surface area contributed by atoms with E-state index in [1.54, 1.807) is 0 Å². The normalized spacial score (nSPS) is 28.9. The van der Waals surface area contributed by atoms with Crippen LogP contribution >= 0.6 is 0 Å². The Morgan fingerprint density at radius 2 is 2.25 bits per heavy atom. The maximum Gasteiger partial charge on any atom is 0.352 e. The van der Waals surface area contributed by atoms with E-state index in [1.165, 1.54) is 23.9 Å². The first-order valence-corrected chi connectivity index (χ1v) is 7.92. The van der Waals surface area contributed by atoms with Crippen molar-refractivity contribution < 1.29 is 23.1 Å². The average molecular weight is 300 g/mol. The van der Waals surface area contributed by atoms with E-state index in [0.717, 1.165) is 12.8 Å². The summed E-state index contributed by atoms with van der Waals surface area (Å²) < 4.78 is 34.1. The van der Waals surface area contributed by atoms with E-state index in [0.29, 0.717) is 6.42 Å². The molecule has 0 saturated carbocycles. The minimum absolute atomic E-state index is 0.0276. The Kier molecular flexibility index (Phi) is 3.11. The van der Waals surface area contributed by atoms with Crippen molar-refractivity contribution in [2.45, 2.75) is 42.4 Å². The average Bonchev–Trinajstić information content (AvgIpc) is 3.02. The number of nitrogens with one attached hydrogen (secondary N) is 1. The molecule has 0 aliphatic carbocycles. The van der Waals surface area contributed by atoms with Crippen molar-refractivity contribution in [2.75, 3.05) is 0 Å². The van der Waals surface area contributed by atoms with E-state index < -0.39 is 16.0 Å². The molecule has 3 atom stereocenters. The van der Waals surface area contributed by atoms with Gasteiger partial charge >= 0.3 is 5.97 Å². The summed E-state index contributed by atoms with van der Waals surface area (Å²) in [5.41, 5.74) is -0.0606. The van der Waals surface area contributed by atoms with Crippen LogP contribution in [0.3, 0.4) is 0 Å². The molecule has 2 aliphatic rings. The third-order valence-electron chi connectivity index (χ3n) is 3.92. The molecule has 3 heterocycles. The van der Waals surface area contributed by atoms with Crippen molar-refractivity contribution in [1.29, 1.82) is 0 Å². The highest BCUT2D eigenvalue weighted by molar-refractivity contribution is 7.89. The summed E-state index contributed by atoms with van der Waals surface area (Å²) >= 11 is 0. The van der Waals surface area contributed by atoms with Crippen LogP contribution in [0, 0.1) is 0 Å². The molecule has 110 valence electrons. The largest absolute Gasteiger partial charge is 0.477 e. The number of sulfonamides is 1. The molecule has 2 aliphatic heterocycles. The number of fused-ring (bicyclic) bond motifs is 2. The molecule has 2 N–H and O–H groups in total. The SMILES string of the molecule is Cn1cc(S(=O)(=O)NC2CC3CCC2O3)cc1C(=O)O. The molecular formula is C12H16N2O5S. The third kappa shape index (κ3) is 2.23. The monoisotopic (exact) mass is 300 g/mol. The van der Waals surface area contributed by atoms with Crippen molar-refractivity contribution >= 4 is 16.0 Å². The van der Waals surface area contributed by atoms with Crippen LogP contribution in [0.25, 0.3) is 0 Å². The van der Waals surface area contributed by atoms with Gasteiger partial charge in [0.2, 0.25) is 10.0 Å². The zero-order valence-electron chi connectivity index (χ0n) is 10.9. The van der Waals surface area contributed by atoms with Gasteiger partial charge in [-0.3, -0.25) is 0 Å². The van der Waals surface area contributed by atoms with Gasteiger partial charge in [0.25, 0.3) is 0 Å². The first-order chi connectivity index (χ1) is 9.37. The summed E-state index contributed by atoms with van der Waals surface area (Å²) in [7, 11) is -2.21. The number of carbonyl (C=O) groups is 1. The second-order valence-corrected chi connectivity index (χ2v) is 7.03. The number of aryl methyl sites for hydroxylation is 1. The number of aromatic nitrogens is 1. The highest BCUT2D eigenvalue weighted by atomic mass is 32.2. The summed E-state index contributed by atoms with van der Waals surface area (Å²) in [5.74, 6) is -1.16. The smallest absolute Gasteiger partial charge is 0.352 e. The van der Waals surface area contributed by atoms with Crippen LogP contribution in [0.1, 0.15) is 29.8 Å². The molecule has 3 unspecified atom stereocenters. The van der Waals surface area contributed by atoms with Crippen LogP contribution in [0.15, 0.2) is 17.2 Å². The lowest BCUT2D eigenvalue weighted by Crippen LogP contribution is -2.41. The lowest BCUT2D eigenvalue weighted by molar-refractivity contribution is 0.0686.